The second-order valence-electron chi connectivity index (χ2n) is 6.86. The summed E-state index contributed by atoms with van der Waals surface area (Å²) in [6.45, 7) is 3.12. The zero-order valence-electron chi connectivity index (χ0n) is 14.2. The maximum atomic E-state index is 12.1. The molecule has 0 spiro atoms. The second kappa shape index (κ2) is 7.07. The fraction of sp³-hybridized carbons (Fsp3) is 0.474. The molecule has 1 fully saturated rings. The van der Waals surface area contributed by atoms with Crippen LogP contribution < -0.4 is 16.0 Å². The molecule has 0 aromatic heterocycles. The van der Waals surface area contributed by atoms with Crippen LogP contribution in [0.15, 0.2) is 36.0 Å². The summed E-state index contributed by atoms with van der Waals surface area (Å²) in [6, 6.07) is 7.96. The van der Waals surface area contributed by atoms with E-state index in [4.69, 9.17) is 0 Å². The van der Waals surface area contributed by atoms with Gasteiger partial charge in [0, 0.05) is 30.6 Å². The van der Waals surface area contributed by atoms with E-state index in [9.17, 15) is 9.59 Å². The molecule has 1 saturated heterocycles. The van der Waals surface area contributed by atoms with Gasteiger partial charge < -0.3 is 16.0 Å². The van der Waals surface area contributed by atoms with Crippen molar-refractivity contribution in [1.29, 1.82) is 0 Å². The number of rotatable bonds is 4. The molecule has 128 valence electrons. The molecule has 3 rings (SSSR count). The summed E-state index contributed by atoms with van der Waals surface area (Å²) in [5, 5.41) is 8.90. The molecule has 3 amide bonds. The number of amides is 3. The van der Waals surface area contributed by atoms with Gasteiger partial charge in [-0.25, -0.2) is 4.79 Å². The van der Waals surface area contributed by atoms with E-state index in [1.165, 1.54) is 5.56 Å². The van der Waals surface area contributed by atoms with E-state index < -0.39 is 0 Å². The molecule has 1 unspecified atom stereocenters. The number of fused-ring (bicyclic) bond motifs is 1. The average Bonchev–Trinajstić information content (AvgIpc) is 2.60. The van der Waals surface area contributed by atoms with Crippen molar-refractivity contribution in [1.82, 2.24) is 16.0 Å². The number of carbonyl (C=O) groups is 2. The molecule has 0 radical (unpaired) electrons. The Morgan fingerprint density at radius 3 is 2.79 bits per heavy atom. The summed E-state index contributed by atoms with van der Waals surface area (Å²) in [6.07, 6.45) is 6.57. The molecule has 1 aromatic rings. The molecule has 5 nitrogen and oxygen atoms in total. The van der Waals surface area contributed by atoms with E-state index in [-0.39, 0.29) is 17.4 Å². The summed E-state index contributed by atoms with van der Waals surface area (Å²) < 4.78 is 0. The highest BCUT2D eigenvalue weighted by molar-refractivity contribution is 5.80. The third kappa shape index (κ3) is 3.78. The summed E-state index contributed by atoms with van der Waals surface area (Å²) in [5.41, 5.74) is 3.19. The van der Waals surface area contributed by atoms with E-state index in [2.05, 4.69) is 22.0 Å². The summed E-state index contributed by atoms with van der Waals surface area (Å²) in [4.78, 5) is 23.8. The van der Waals surface area contributed by atoms with Gasteiger partial charge in [0.15, 0.2) is 0 Å². The third-order valence-electron chi connectivity index (χ3n) is 5.04. The largest absolute Gasteiger partial charge is 0.337 e. The van der Waals surface area contributed by atoms with Crippen molar-refractivity contribution in [2.24, 2.45) is 5.41 Å². The van der Waals surface area contributed by atoms with E-state index in [0.717, 1.165) is 36.9 Å². The minimum atomic E-state index is -0.160. The number of benzene rings is 1. The lowest BCUT2D eigenvalue weighted by molar-refractivity contribution is -0.122. The quantitative estimate of drug-likeness (QED) is 0.796. The Morgan fingerprint density at radius 1 is 1.21 bits per heavy atom. The van der Waals surface area contributed by atoms with E-state index >= 15 is 0 Å². The van der Waals surface area contributed by atoms with Crippen LogP contribution in [0.2, 0.25) is 0 Å². The van der Waals surface area contributed by atoms with Crippen LogP contribution in [0.4, 0.5) is 4.79 Å². The van der Waals surface area contributed by atoms with E-state index in [1.807, 2.05) is 31.2 Å². The number of hydrogen-bond acceptors (Lipinski definition) is 2. The number of allylic oxidation sites excluding steroid dienone is 1. The van der Waals surface area contributed by atoms with Gasteiger partial charge in [0.05, 0.1) is 0 Å². The third-order valence-corrected chi connectivity index (χ3v) is 5.04. The van der Waals surface area contributed by atoms with Gasteiger partial charge in [-0.15, -0.1) is 0 Å². The van der Waals surface area contributed by atoms with Crippen molar-refractivity contribution < 1.29 is 9.59 Å². The fourth-order valence-electron chi connectivity index (χ4n) is 3.52. The fourth-order valence-corrected chi connectivity index (χ4v) is 3.52. The van der Waals surface area contributed by atoms with Gasteiger partial charge in [0.25, 0.3) is 0 Å². The Morgan fingerprint density at radius 2 is 2.00 bits per heavy atom. The van der Waals surface area contributed by atoms with E-state index in [0.29, 0.717) is 19.5 Å². The SMILES string of the molecule is Cc1ccc(CNC(=O)NCC23CCCC=C2NC(=O)CC3)cc1. The average molecular weight is 327 g/mol. The predicted molar refractivity (Wildman–Crippen MR) is 93.2 cm³/mol. The highest BCUT2D eigenvalue weighted by Crippen LogP contribution is 2.42. The Labute approximate surface area is 142 Å². The molecule has 5 heteroatoms. The maximum Gasteiger partial charge on any atom is 0.315 e. The van der Waals surface area contributed by atoms with Crippen LogP contribution in [-0.4, -0.2) is 18.5 Å². The lowest BCUT2D eigenvalue weighted by atomic mass is 9.70. The number of piperidine rings is 1. The standard InChI is InChI=1S/C19H25N3O2/c1-14-5-7-15(8-6-14)12-20-18(24)21-13-19-10-3-2-4-16(19)22-17(23)9-11-19/h4-8H,2-3,9-13H2,1H3,(H,22,23)(H2,20,21,24). The Kier molecular flexibility index (Phi) is 4.88. The summed E-state index contributed by atoms with van der Waals surface area (Å²) in [7, 11) is 0. The molecule has 1 atom stereocenters. The molecular weight excluding hydrogens is 302 g/mol. The molecule has 1 aromatic carbocycles. The van der Waals surface area contributed by atoms with Crippen LogP contribution in [0.25, 0.3) is 0 Å². The van der Waals surface area contributed by atoms with Crippen molar-refractivity contribution in [3.63, 3.8) is 0 Å². The van der Waals surface area contributed by atoms with Crippen molar-refractivity contribution in [3.8, 4) is 0 Å². The Hall–Kier alpha value is -2.30. The molecule has 1 aliphatic heterocycles. The smallest absolute Gasteiger partial charge is 0.315 e. The van der Waals surface area contributed by atoms with Crippen LogP contribution >= 0.6 is 0 Å². The molecule has 1 heterocycles. The number of aryl methyl sites for hydroxylation is 1. The normalized spacial score (nSPS) is 22.9. The van der Waals surface area contributed by atoms with Gasteiger partial charge >= 0.3 is 6.03 Å². The monoisotopic (exact) mass is 327 g/mol. The number of nitrogens with one attached hydrogen (secondary N) is 3. The molecule has 24 heavy (non-hydrogen) atoms. The minimum Gasteiger partial charge on any atom is -0.337 e. The van der Waals surface area contributed by atoms with Crippen molar-refractivity contribution >= 4 is 11.9 Å². The van der Waals surface area contributed by atoms with Gasteiger partial charge in [0.2, 0.25) is 5.91 Å². The zero-order valence-corrected chi connectivity index (χ0v) is 14.2. The lowest BCUT2D eigenvalue weighted by Gasteiger charge is -2.42. The first kappa shape index (κ1) is 16.6. The van der Waals surface area contributed by atoms with Crippen molar-refractivity contribution in [2.75, 3.05) is 6.54 Å². The van der Waals surface area contributed by atoms with Crippen molar-refractivity contribution in [3.05, 3.63) is 47.2 Å². The molecule has 0 saturated carbocycles. The van der Waals surface area contributed by atoms with Gasteiger partial charge in [-0.3, -0.25) is 4.79 Å². The number of urea groups is 1. The lowest BCUT2D eigenvalue weighted by Crippen LogP contribution is -2.50. The van der Waals surface area contributed by atoms with Crippen LogP contribution in [0.5, 0.6) is 0 Å². The van der Waals surface area contributed by atoms with E-state index in [1.54, 1.807) is 0 Å². The summed E-state index contributed by atoms with van der Waals surface area (Å²) >= 11 is 0. The van der Waals surface area contributed by atoms with Gasteiger partial charge in [-0.1, -0.05) is 35.9 Å². The molecule has 0 bridgehead atoms. The first-order valence-corrected chi connectivity index (χ1v) is 8.65. The second-order valence-corrected chi connectivity index (χ2v) is 6.86. The molecular formula is C19H25N3O2. The molecule has 1 aliphatic carbocycles. The van der Waals surface area contributed by atoms with Gasteiger partial charge in [0.1, 0.15) is 0 Å². The van der Waals surface area contributed by atoms with Crippen LogP contribution in [0, 0.1) is 12.3 Å². The van der Waals surface area contributed by atoms with Crippen LogP contribution in [-0.2, 0) is 11.3 Å². The Balaban J connectivity index is 1.53. The topological polar surface area (TPSA) is 70.2 Å². The van der Waals surface area contributed by atoms with Gasteiger partial charge in [-0.2, -0.15) is 0 Å². The van der Waals surface area contributed by atoms with Crippen LogP contribution in [0.3, 0.4) is 0 Å². The highest BCUT2D eigenvalue weighted by atomic mass is 16.2. The zero-order chi connectivity index (χ0) is 17.0. The first-order valence-electron chi connectivity index (χ1n) is 8.65. The maximum absolute atomic E-state index is 12.1. The first-order chi connectivity index (χ1) is 11.6. The van der Waals surface area contributed by atoms with Crippen molar-refractivity contribution in [2.45, 2.75) is 45.6 Å². The summed E-state index contributed by atoms with van der Waals surface area (Å²) in [5.74, 6) is 0.0857. The predicted octanol–water partition coefficient (Wildman–Crippen LogP) is 2.76. The highest BCUT2D eigenvalue weighted by Gasteiger charge is 2.40. The van der Waals surface area contributed by atoms with Gasteiger partial charge in [-0.05, 0) is 38.2 Å². The molecule has 3 N–H and O–H groups in total. The van der Waals surface area contributed by atoms with Crippen LogP contribution in [0.1, 0.15) is 43.2 Å². The molecule has 2 aliphatic rings. The number of carbonyl (C=O) groups excluding carboxylic acids is 2. The number of hydrogen-bond donors (Lipinski definition) is 3. The minimum absolute atomic E-state index is 0.0857. The Bertz CT molecular complexity index is 651.